The Morgan fingerprint density at radius 2 is 0.558 bits per heavy atom. The number of nitrogens with two attached hydrogens (primary N) is 6. The van der Waals surface area contributed by atoms with Crippen molar-refractivity contribution in [1.29, 1.82) is 0 Å². The third-order valence-corrected chi connectivity index (χ3v) is 6.03. The number of hydrogen-bond acceptors (Lipinski definition) is 6. The van der Waals surface area contributed by atoms with Crippen LogP contribution in [-0.4, -0.2) is 16.4 Å². The van der Waals surface area contributed by atoms with Gasteiger partial charge < -0.3 is 50.8 Å². The first-order valence-corrected chi connectivity index (χ1v) is 11.0. The maximum absolute atomic E-state index is 5.99. The molecule has 0 unspecified atom stereocenters. The lowest BCUT2D eigenvalue weighted by molar-refractivity contribution is 0.823. The average molecular weight is 727 g/mol. The van der Waals surface area contributed by atoms with Crippen LogP contribution >= 0.6 is 74.4 Å². The third kappa shape index (κ3) is 13.6. The SMILES string of the molecule is Cc1cc(-c2cc(C)c(N)c(C)c2)cc(C)c1N.Cl.Cl.Cl.Cl.Cl.Cl.Nc1ccc(-c2ccc(N)c(N)c2)cc1N.O.O.O. The topological polar surface area (TPSA) is 251 Å². The van der Waals surface area contributed by atoms with Crippen LogP contribution in [0, 0.1) is 27.7 Å². The second kappa shape index (κ2) is 23.7. The highest BCUT2D eigenvalue weighted by atomic mass is 35.5. The van der Waals surface area contributed by atoms with Crippen molar-refractivity contribution in [3.05, 3.63) is 82.9 Å². The molecule has 0 radical (unpaired) electrons. The Morgan fingerprint density at radius 1 is 0.326 bits per heavy atom. The van der Waals surface area contributed by atoms with Gasteiger partial charge in [0.15, 0.2) is 0 Å². The summed E-state index contributed by atoms with van der Waals surface area (Å²) in [5, 5.41) is 0. The lowest BCUT2D eigenvalue weighted by Gasteiger charge is -2.12. The fourth-order valence-corrected chi connectivity index (χ4v) is 3.79. The van der Waals surface area contributed by atoms with Crippen molar-refractivity contribution in [2.75, 3.05) is 34.4 Å². The van der Waals surface area contributed by atoms with Crippen LogP contribution in [0.1, 0.15) is 22.3 Å². The molecule has 0 saturated heterocycles. The molecule has 4 rings (SSSR count). The molecule has 0 aromatic heterocycles. The van der Waals surface area contributed by atoms with Crippen LogP contribution in [0.3, 0.4) is 0 Å². The minimum absolute atomic E-state index is 0. The molecule has 43 heavy (non-hydrogen) atoms. The van der Waals surface area contributed by atoms with Gasteiger partial charge in [-0.3, -0.25) is 0 Å². The van der Waals surface area contributed by atoms with E-state index >= 15 is 0 Å². The normalized spacial score (nSPS) is 8.28. The molecule has 0 aliphatic heterocycles. The zero-order valence-electron chi connectivity index (χ0n) is 24.2. The van der Waals surface area contributed by atoms with Gasteiger partial charge in [-0.25, -0.2) is 0 Å². The summed E-state index contributed by atoms with van der Waals surface area (Å²) >= 11 is 0. The number of nitrogen functional groups attached to an aromatic ring is 6. The largest absolute Gasteiger partial charge is 0.412 e. The maximum atomic E-state index is 5.99. The van der Waals surface area contributed by atoms with Crippen LogP contribution in [0.5, 0.6) is 0 Å². The summed E-state index contributed by atoms with van der Waals surface area (Å²) in [4.78, 5) is 0. The number of halogens is 6. The summed E-state index contributed by atoms with van der Waals surface area (Å²) in [6.07, 6.45) is 0. The quantitative estimate of drug-likeness (QED) is 0.146. The van der Waals surface area contributed by atoms with Crippen molar-refractivity contribution in [1.82, 2.24) is 0 Å². The third-order valence-electron chi connectivity index (χ3n) is 6.03. The van der Waals surface area contributed by atoms with Crippen LogP contribution in [0.25, 0.3) is 22.3 Å². The van der Waals surface area contributed by atoms with E-state index in [9.17, 15) is 0 Å². The van der Waals surface area contributed by atoms with Gasteiger partial charge in [0.05, 0.1) is 22.7 Å². The first kappa shape index (κ1) is 56.1. The summed E-state index contributed by atoms with van der Waals surface area (Å²) in [5.74, 6) is 0. The zero-order valence-corrected chi connectivity index (χ0v) is 29.1. The molecular weight excluding hydrogens is 681 g/mol. The van der Waals surface area contributed by atoms with E-state index in [1.54, 1.807) is 12.1 Å². The number of aryl methyl sites for hydroxylation is 4. The van der Waals surface area contributed by atoms with Crippen molar-refractivity contribution < 1.29 is 16.4 Å². The Kier molecular flexibility index (Phi) is 31.0. The molecule has 0 aliphatic rings. The highest BCUT2D eigenvalue weighted by molar-refractivity contribution is 5.86. The lowest BCUT2D eigenvalue weighted by Crippen LogP contribution is -1.97. The Hall–Kier alpha value is -2.70. The molecule has 0 heterocycles. The molecule has 0 amide bonds. The summed E-state index contributed by atoms with van der Waals surface area (Å²) in [6, 6.07) is 19.5. The smallest absolute Gasteiger partial charge is 0.0554 e. The maximum Gasteiger partial charge on any atom is 0.0554 e. The number of anilines is 6. The number of rotatable bonds is 2. The predicted molar refractivity (Wildman–Crippen MR) is 204 cm³/mol. The lowest BCUT2D eigenvalue weighted by atomic mass is 9.95. The van der Waals surface area contributed by atoms with Gasteiger partial charge in [0.1, 0.15) is 0 Å². The minimum Gasteiger partial charge on any atom is -0.412 e. The van der Waals surface area contributed by atoms with E-state index in [0.29, 0.717) is 22.7 Å². The van der Waals surface area contributed by atoms with Crippen molar-refractivity contribution in [2.24, 2.45) is 0 Å². The van der Waals surface area contributed by atoms with Gasteiger partial charge in [-0.2, -0.15) is 0 Å². The highest BCUT2D eigenvalue weighted by Crippen LogP contribution is 2.31. The van der Waals surface area contributed by atoms with Crippen LogP contribution in [0.2, 0.25) is 0 Å². The first-order valence-electron chi connectivity index (χ1n) is 11.0. The standard InChI is InChI=1S/C16H20N2.C12H14N4.6ClH.3H2O/c1-9-5-13(6-10(2)15(9)17)14-7-11(3)16(18)12(4)8-14;13-9-3-1-7(5-11(9)15)8-2-4-10(14)12(16)6-8;;;;;;;;;/h5-8H,17-18H2,1-4H3;1-6H,13-16H2;6*1H;3*1H2. The minimum atomic E-state index is 0. The van der Waals surface area contributed by atoms with Crippen LogP contribution in [0.15, 0.2) is 60.7 Å². The summed E-state index contributed by atoms with van der Waals surface area (Å²) in [5.41, 5.74) is 47.6. The van der Waals surface area contributed by atoms with Crippen LogP contribution < -0.4 is 34.4 Å². The van der Waals surface area contributed by atoms with Crippen LogP contribution in [0.4, 0.5) is 34.1 Å². The van der Waals surface area contributed by atoms with E-state index in [1.165, 1.54) is 11.1 Å². The Morgan fingerprint density at radius 3 is 0.767 bits per heavy atom. The summed E-state index contributed by atoms with van der Waals surface area (Å²) in [6.45, 7) is 8.18. The Balaban J connectivity index is -0.000000100. The first-order chi connectivity index (χ1) is 16.0. The van der Waals surface area contributed by atoms with E-state index < -0.39 is 0 Å². The van der Waals surface area contributed by atoms with Gasteiger partial charge in [0.2, 0.25) is 0 Å². The number of benzene rings is 4. The molecule has 9 nitrogen and oxygen atoms in total. The fraction of sp³-hybridized carbons (Fsp3) is 0.143. The summed E-state index contributed by atoms with van der Waals surface area (Å²) < 4.78 is 0. The molecule has 0 saturated carbocycles. The Labute approximate surface area is 290 Å². The molecule has 0 atom stereocenters. The fourth-order valence-electron chi connectivity index (χ4n) is 3.79. The van der Waals surface area contributed by atoms with Gasteiger partial charge >= 0.3 is 0 Å². The molecule has 15 heteroatoms. The van der Waals surface area contributed by atoms with Crippen LogP contribution in [-0.2, 0) is 0 Å². The second-order valence-corrected chi connectivity index (χ2v) is 8.73. The van der Waals surface area contributed by atoms with Gasteiger partial charge in [-0.1, -0.05) is 12.1 Å². The van der Waals surface area contributed by atoms with E-state index in [1.807, 2.05) is 52.0 Å². The molecule has 18 N–H and O–H groups in total. The number of hydrogen-bond donors (Lipinski definition) is 6. The van der Waals surface area contributed by atoms with Gasteiger partial charge in [0, 0.05) is 11.4 Å². The van der Waals surface area contributed by atoms with Crippen molar-refractivity contribution in [2.45, 2.75) is 27.7 Å². The van der Waals surface area contributed by atoms with Crippen molar-refractivity contribution in [3.8, 4) is 22.3 Å². The molecule has 0 spiro atoms. The highest BCUT2D eigenvalue weighted by Gasteiger charge is 2.07. The summed E-state index contributed by atoms with van der Waals surface area (Å²) in [7, 11) is 0. The molecule has 0 bridgehead atoms. The molecule has 0 aliphatic carbocycles. The molecular formula is C28H46Cl6N6O3. The second-order valence-electron chi connectivity index (χ2n) is 8.73. The van der Waals surface area contributed by atoms with Crippen molar-refractivity contribution >= 4 is 109 Å². The Bertz CT molecular complexity index is 1250. The molecule has 4 aromatic carbocycles. The van der Waals surface area contributed by atoms with E-state index in [-0.39, 0.29) is 90.9 Å². The van der Waals surface area contributed by atoms with E-state index in [4.69, 9.17) is 34.4 Å². The molecule has 0 fully saturated rings. The van der Waals surface area contributed by atoms with E-state index in [2.05, 4.69) is 24.3 Å². The zero-order chi connectivity index (χ0) is 25.2. The van der Waals surface area contributed by atoms with Gasteiger partial charge in [-0.05, 0) is 121 Å². The van der Waals surface area contributed by atoms with Crippen molar-refractivity contribution in [3.63, 3.8) is 0 Å². The predicted octanol–water partition coefficient (Wildman–Crippen LogP) is 5.49. The molecule has 4 aromatic rings. The average Bonchev–Trinajstić information content (AvgIpc) is 2.79. The molecule has 248 valence electrons. The van der Waals surface area contributed by atoms with Gasteiger partial charge in [-0.15, -0.1) is 74.4 Å². The monoisotopic (exact) mass is 724 g/mol. The van der Waals surface area contributed by atoms with E-state index in [0.717, 1.165) is 44.8 Å². The van der Waals surface area contributed by atoms with Gasteiger partial charge in [0.25, 0.3) is 0 Å².